The van der Waals surface area contributed by atoms with Crippen molar-refractivity contribution in [3.8, 4) is 22.8 Å². The molecular formula is C24H21FN6O3S. The van der Waals surface area contributed by atoms with Gasteiger partial charge in [-0.05, 0) is 35.9 Å². The Labute approximate surface area is 203 Å². The first kappa shape index (κ1) is 21.7. The van der Waals surface area contributed by atoms with Gasteiger partial charge in [-0.2, -0.15) is 0 Å². The predicted octanol–water partition coefficient (Wildman–Crippen LogP) is 4.51. The van der Waals surface area contributed by atoms with Crippen LogP contribution in [0.2, 0.25) is 0 Å². The van der Waals surface area contributed by atoms with Crippen molar-refractivity contribution in [2.45, 2.75) is 12.3 Å². The number of alkyl halides is 1. The average molecular weight is 493 g/mol. The first-order chi connectivity index (χ1) is 17.1. The normalized spacial score (nSPS) is 17.8. The van der Waals surface area contributed by atoms with Gasteiger partial charge in [0, 0.05) is 18.9 Å². The van der Waals surface area contributed by atoms with E-state index in [2.05, 4.69) is 25.4 Å². The van der Waals surface area contributed by atoms with Gasteiger partial charge in [-0.15, -0.1) is 16.4 Å². The van der Waals surface area contributed by atoms with Crippen molar-refractivity contribution in [2.24, 2.45) is 7.05 Å². The highest BCUT2D eigenvalue weighted by Crippen LogP contribution is 2.39. The largest absolute Gasteiger partial charge is 0.484 e. The smallest absolute Gasteiger partial charge is 0.240 e. The summed E-state index contributed by atoms with van der Waals surface area (Å²) in [7, 11) is 3.39. The number of nitrogens with zero attached hydrogens (tertiary/aromatic N) is 5. The van der Waals surface area contributed by atoms with Crippen LogP contribution in [0.1, 0.15) is 0 Å². The minimum atomic E-state index is -1.23. The Bertz CT molecular complexity index is 1540. The van der Waals surface area contributed by atoms with Gasteiger partial charge >= 0.3 is 0 Å². The summed E-state index contributed by atoms with van der Waals surface area (Å²) in [4.78, 5) is 13.3. The molecule has 0 saturated carbocycles. The minimum Gasteiger partial charge on any atom is -0.484 e. The van der Waals surface area contributed by atoms with E-state index >= 15 is 0 Å². The molecule has 6 rings (SSSR count). The second kappa shape index (κ2) is 8.75. The highest BCUT2D eigenvalue weighted by molar-refractivity contribution is 7.16. The molecule has 1 aliphatic heterocycles. The third-order valence-corrected chi connectivity index (χ3v) is 6.63. The van der Waals surface area contributed by atoms with Gasteiger partial charge in [0.1, 0.15) is 17.9 Å². The van der Waals surface area contributed by atoms with Crippen LogP contribution in [0.3, 0.4) is 0 Å². The molecule has 178 valence electrons. The number of thiazole rings is 1. The molecule has 9 nitrogen and oxygen atoms in total. The van der Waals surface area contributed by atoms with E-state index in [0.717, 1.165) is 27.0 Å². The number of anilines is 2. The molecule has 0 spiro atoms. The fourth-order valence-electron chi connectivity index (χ4n) is 4.16. The van der Waals surface area contributed by atoms with Gasteiger partial charge in [-0.25, -0.2) is 19.3 Å². The number of halogens is 1. The van der Waals surface area contributed by atoms with Crippen LogP contribution >= 0.6 is 11.3 Å². The zero-order valence-electron chi connectivity index (χ0n) is 18.9. The number of benzene rings is 2. The topological polar surface area (TPSA) is 96.2 Å². The maximum atomic E-state index is 14.4. The zero-order valence-corrected chi connectivity index (χ0v) is 19.8. The van der Waals surface area contributed by atoms with Crippen molar-refractivity contribution in [2.75, 3.05) is 25.6 Å². The molecule has 0 radical (unpaired) electrons. The fraction of sp³-hybridized carbons (Fsp3) is 0.250. The van der Waals surface area contributed by atoms with Crippen LogP contribution in [0.15, 0.2) is 48.4 Å². The Morgan fingerprint density at radius 1 is 1.14 bits per heavy atom. The monoisotopic (exact) mass is 492 g/mol. The van der Waals surface area contributed by atoms with E-state index in [0.29, 0.717) is 28.4 Å². The van der Waals surface area contributed by atoms with Gasteiger partial charge in [0.15, 0.2) is 12.3 Å². The van der Waals surface area contributed by atoms with E-state index in [-0.39, 0.29) is 13.2 Å². The minimum absolute atomic E-state index is 0.00912. The summed E-state index contributed by atoms with van der Waals surface area (Å²) in [5, 5.41) is 8.36. The van der Waals surface area contributed by atoms with E-state index in [4.69, 9.17) is 14.2 Å². The average Bonchev–Trinajstić information content (AvgIpc) is 3.58. The van der Waals surface area contributed by atoms with E-state index in [1.54, 1.807) is 23.1 Å². The van der Waals surface area contributed by atoms with E-state index in [9.17, 15) is 4.39 Å². The molecule has 0 aliphatic carbocycles. The van der Waals surface area contributed by atoms with Gasteiger partial charge < -0.3 is 19.5 Å². The summed E-state index contributed by atoms with van der Waals surface area (Å²) in [5.74, 6) is 1.46. The van der Waals surface area contributed by atoms with Crippen molar-refractivity contribution in [3.63, 3.8) is 0 Å². The molecule has 2 aromatic carbocycles. The van der Waals surface area contributed by atoms with Gasteiger partial charge in [0.05, 0.1) is 52.5 Å². The lowest BCUT2D eigenvalue weighted by molar-refractivity contribution is 0.130. The van der Waals surface area contributed by atoms with Crippen molar-refractivity contribution in [1.29, 1.82) is 0 Å². The number of nitrogens with one attached hydrogen (secondary N) is 1. The molecule has 35 heavy (non-hydrogen) atoms. The van der Waals surface area contributed by atoms with Crippen LogP contribution in [0.5, 0.6) is 11.6 Å². The predicted molar refractivity (Wildman–Crippen MR) is 131 cm³/mol. The molecule has 11 heteroatoms. The molecule has 0 amide bonds. The number of aryl methyl sites for hydroxylation is 1. The number of methoxy groups -OCH3 is 1. The molecule has 1 saturated heterocycles. The molecule has 0 bridgehead atoms. The first-order valence-electron chi connectivity index (χ1n) is 10.9. The van der Waals surface area contributed by atoms with E-state index in [1.165, 1.54) is 6.33 Å². The van der Waals surface area contributed by atoms with Crippen molar-refractivity contribution < 1.29 is 18.6 Å². The number of rotatable bonds is 6. The number of aromatic nitrogens is 5. The number of hydrogen-bond donors (Lipinski definition) is 1. The Morgan fingerprint density at radius 3 is 2.89 bits per heavy atom. The highest BCUT2D eigenvalue weighted by Gasteiger charge is 2.31. The second-order valence-electron chi connectivity index (χ2n) is 8.19. The maximum absolute atomic E-state index is 14.4. The van der Waals surface area contributed by atoms with Gasteiger partial charge in [-0.3, -0.25) is 4.68 Å². The van der Waals surface area contributed by atoms with Gasteiger partial charge in [-0.1, -0.05) is 0 Å². The SMILES string of the molecule is COc1nn(C)cc1-c1cc(O[C@H]2COC[C@@H]2F)c2c(Nc3ccc4ncsc4c3)ncnc2c1. The number of fused-ring (bicyclic) bond motifs is 2. The Hall–Kier alpha value is -3.83. The fourth-order valence-corrected chi connectivity index (χ4v) is 4.88. The summed E-state index contributed by atoms with van der Waals surface area (Å²) >= 11 is 1.56. The lowest BCUT2D eigenvalue weighted by Gasteiger charge is -2.18. The van der Waals surface area contributed by atoms with E-state index in [1.807, 2.05) is 49.1 Å². The summed E-state index contributed by atoms with van der Waals surface area (Å²) in [6.45, 7) is 0.177. The summed E-state index contributed by atoms with van der Waals surface area (Å²) in [6.07, 6.45) is 1.38. The zero-order chi connectivity index (χ0) is 23.9. The number of hydrogen-bond acceptors (Lipinski definition) is 9. The first-order valence-corrected chi connectivity index (χ1v) is 11.8. The lowest BCUT2D eigenvalue weighted by atomic mass is 10.0. The molecular weight excluding hydrogens is 471 g/mol. The van der Waals surface area contributed by atoms with Crippen molar-refractivity contribution >= 4 is 44.0 Å². The quantitative estimate of drug-likeness (QED) is 0.370. The summed E-state index contributed by atoms with van der Waals surface area (Å²) in [5.41, 5.74) is 5.77. The molecule has 1 aliphatic rings. The van der Waals surface area contributed by atoms with Crippen molar-refractivity contribution in [3.05, 3.63) is 48.4 Å². The molecule has 1 fully saturated rings. The molecule has 1 N–H and O–H groups in total. The van der Waals surface area contributed by atoms with Crippen LogP contribution in [-0.4, -0.2) is 57.3 Å². The van der Waals surface area contributed by atoms with Crippen molar-refractivity contribution in [1.82, 2.24) is 24.7 Å². The third-order valence-electron chi connectivity index (χ3n) is 5.84. The molecule has 3 aromatic heterocycles. The summed E-state index contributed by atoms with van der Waals surface area (Å²) in [6, 6.07) is 9.66. The van der Waals surface area contributed by atoms with Gasteiger partial charge in [0.25, 0.3) is 0 Å². The standard InChI is InChI=1S/C24H21FN6O3S/c1-31-8-15(24(30-31)32-2)13-5-18-22(19(6-13)34-20-10-33-9-16(20)25)23(27-11-26-18)29-14-3-4-17-21(7-14)35-12-28-17/h3-8,11-12,16,20H,9-10H2,1-2H3,(H,26,27,29)/t16-,20-/m0/s1. The second-order valence-corrected chi connectivity index (χ2v) is 9.07. The molecule has 2 atom stereocenters. The summed E-state index contributed by atoms with van der Waals surface area (Å²) < 4.78 is 34.1. The van der Waals surface area contributed by atoms with Gasteiger partial charge in [0.2, 0.25) is 5.88 Å². The van der Waals surface area contributed by atoms with Crippen LogP contribution in [0.4, 0.5) is 15.9 Å². The molecule has 4 heterocycles. The Balaban J connectivity index is 1.49. The van der Waals surface area contributed by atoms with Crippen LogP contribution in [0.25, 0.3) is 32.2 Å². The van der Waals surface area contributed by atoms with Crippen LogP contribution in [-0.2, 0) is 11.8 Å². The van der Waals surface area contributed by atoms with E-state index < -0.39 is 12.3 Å². The Morgan fingerprint density at radius 2 is 2.06 bits per heavy atom. The van der Waals surface area contributed by atoms with Crippen LogP contribution in [0, 0.1) is 0 Å². The van der Waals surface area contributed by atoms with Crippen LogP contribution < -0.4 is 14.8 Å². The number of ether oxygens (including phenoxy) is 3. The third kappa shape index (κ3) is 4.02. The molecule has 5 aromatic rings. The lowest BCUT2D eigenvalue weighted by Crippen LogP contribution is -2.26. The maximum Gasteiger partial charge on any atom is 0.240 e. The highest BCUT2D eigenvalue weighted by atomic mass is 32.1. The molecule has 0 unspecified atom stereocenters. The Kier molecular flexibility index (Phi) is 5.42.